The maximum atomic E-state index is 12.2. The molecule has 1 aromatic rings. The highest BCUT2D eigenvalue weighted by atomic mass is 28.4. The van der Waals surface area contributed by atoms with Crippen molar-refractivity contribution in [3.05, 3.63) is 59.2 Å². The van der Waals surface area contributed by atoms with Gasteiger partial charge in [-0.3, -0.25) is 4.79 Å². The lowest BCUT2D eigenvalue weighted by atomic mass is 9.78. The Bertz CT molecular complexity index is 1070. The first-order valence-electron chi connectivity index (χ1n) is 15.5. The van der Waals surface area contributed by atoms with E-state index in [2.05, 4.69) is 78.2 Å². The smallest absolute Gasteiger partial charge is 0.195 e. The summed E-state index contributed by atoms with van der Waals surface area (Å²) in [6.07, 6.45) is -0.0313. The van der Waals surface area contributed by atoms with Gasteiger partial charge in [-0.1, -0.05) is 97.4 Å². The summed E-state index contributed by atoms with van der Waals surface area (Å²) >= 11 is 0. The zero-order valence-corrected chi connectivity index (χ0v) is 29.2. The molecule has 0 N–H and O–H groups in total. The normalized spacial score (nSPS) is 32.9. The second-order valence-electron chi connectivity index (χ2n) is 13.6. The summed E-state index contributed by atoms with van der Waals surface area (Å²) in [6, 6.07) is 9.48. The van der Waals surface area contributed by atoms with Crippen molar-refractivity contribution in [2.45, 2.75) is 130 Å². The van der Waals surface area contributed by atoms with Crippen LogP contribution in [0.15, 0.2) is 48.3 Å². The molecule has 2 heterocycles. The van der Waals surface area contributed by atoms with Crippen LogP contribution in [0.1, 0.15) is 74.3 Å². The molecule has 0 saturated carbocycles. The summed E-state index contributed by atoms with van der Waals surface area (Å²) in [5.74, 6) is 0.373. The zero-order chi connectivity index (χ0) is 32.5. The van der Waals surface area contributed by atoms with Crippen molar-refractivity contribution in [2.24, 2.45) is 28.8 Å². The van der Waals surface area contributed by atoms with E-state index in [9.17, 15) is 10.3 Å². The van der Waals surface area contributed by atoms with Crippen molar-refractivity contribution >= 4 is 14.1 Å². The molecule has 0 amide bonds. The topological polar surface area (TPSA) is 112 Å². The first-order valence-corrected chi connectivity index (χ1v) is 18.5. The van der Waals surface area contributed by atoms with Gasteiger partial charge in [0, 0.05) is 10.8 Å². The van der Waals surface area contributed by atoms with Crippen LogP contribution in [-0.4, -0.2) is 51.0 Å². The van der Waals surface area contributed by atoms with Crippen LogP contribution < -0.4 is 0 Å². The Morgan fingerprint density at radius 1 is 1.05 bits per heavy atom. The summed E-state index contributed by atoms with van der Waals surface area (Å²) in [7, 11) is -2.16. The lowest BCUT2D eigenvalue weighted by Crippen LogP contribution is -2.59. The van der Waals surface area contributed by atoms with Crippen molar-refractivity contribution in [1.29, 1.82) is 0 Å². The van der Waals surface area contributed by atoms with Crippen molar-refractivity contribution in [1.82, 2.24) is 0 Å². The molecule has 43 heavy (non-hydrogen) atoms. The Morgan fingerprint density at radius 2 is 1.67 bits per heavy atom. The van der Waals surface area contributed by atoms with Gasteiger partial charge < -0.3 is 23.4 Å². The number of azide groups is 1. The summed E-state index contributed by atoms with van der Waals surface area (Å²) in [4.78, 5) is 15.3. The van der Waals surface area contributed by atoms with Gasteiger partial charge in [0.15, 0.2) is 26.7 Å². The number of hydrogen-bond donors (Lipinski definition) is 0. The first-order chi connectivity index (χ1) is 20.1. The molecule has 0 spiro atoms. The van der Waals surface area contributed by atoms with Gasteiger partial charge in [-0.2, -0.15) is 0 Å². The number of rotatable bonds is 10. The lowest BCUT2D eigenvalue weighted by Gasteiger charge is -2.50. The van der Waals surface area contributed by atoms with Crippen LogP contribution >= 0.6 is 0 Å². The molecule has 9 nitrogen and oxygen atoms in total. The van der Waals surface area contributed by atoms with E-state index >= 15 is 0 Å². The summed E-state index contributed by atoms with van der Waals surface area (Å²) in [5, 5.41) is 4.09. The Hall–Kier alpha value is -2.20. The number of carbonyl (C=O) groups excluding carboxylic acids is 1. The number of Topliss-reactive ketones (excluding diaryl/α,β-unsaturated/α-hetero) is 1. The van der Waals surface area contributed by atoms with Crippen molar-refractivity contribution in [2.75, 3.05) is 0 Å². The Morgan fingerprint density at radius 3 is 2.19 bits per heavy atom. The second kappa shape index (κ2) is 16.2. The molecule has 242 valence electrons. The number of ketones is 1. The van der Waals surface area contributed by atoms with E-state index in [1.165, 1.54) is 11.8 Å². The molecule has 2 aliphatic rings. The molecule has 10 atom stereocenters. The van der Waals surface area contributed by atoms with E-state index in [1.54, 1.807) is 6.92 Å². The molecule has 3 rings (SSSR count). The lowest BCUT2D eigenvalue weighted by molar-refractivity contribution is -0.304. The van der Waals surface area contributed by atoms with Gasteiger partial charge in [0.1, 0.15) is 12.7 Å². The highest BCUT2D eigenvalue weighted by molar-refractivity contribution is 6.74. The summed E-state index contributed by atoms with van der Waals surface area (Å²) in [6.45, 7) is 26.9. The Balaban J connectivity index is 0.000000543. The average molecular weight is 618 g/mol. The van der Waals surface area contributed by atoms with Crippen LogP contribution in [0, 0.1) is 23.7 Å². The van der Waals surface area contributed by atoms with Gasteiger partial charge in [-0.25, -0.2) is 0 Å². The minimum absolute atomic E-state index is 0.00449. The third-order valence-corrected chi connectivity index (χ3v) is 14.0. The Kier molecular flexibility index (Phi) is 13.9. The quantitative estimate of drug-likeness (QED) is 0.0856. The number of ether oxygens (including phenoxy) is 4. The van der Waals surface area contributed by atoms with Crippen molar-refractivity contribution in [3.63, 3.8) is 0 Å². The third kappa shape index (κ3) is 9.64. The Labute approximate surface area is 260 Å². The van der Waals surface area contributed by atoms with Crippen LogP contribution in [-0.2, 0) is 34.8 Å². The summed E-state index contributed by atoms with van der Waals surface area (Å²) in [5.41, 5.74) is 10.5. The minimum Gasteiger partial charge on any atom is -0.497 e. The van der Waals surface area contributed by atoms with Crippen molar-refractivity contribution in [3.8, 4) is 0 Å². The number of carbonyl (C=O) groups is 1. The largest absolute Gasteiger partial charge is 0.497 e. The first kappa shape index (κ1) is 37.0. The van der Waals surface area contributed by atoms with Crippen LogP contribution in [0.4, 0.5) is 0 Å². The van der Waals surface area contributed by atoms with Gasteiger partial charge in [0.25, 0.3) is 0 Å². The fraction of sp³-hybridized carbons (Fsp3) is 0.727. The maximum Gasteiger partial charge on any atom is 0.195 e. The molecule has 2 aliphatic heterocycles. The molecular formula is C33H55N3O6Si. The van der Waals surface area contributed by atoms with Gasteiger partial charge in [0.05, 0.1) is 24.5 Å². The fourth-order valence-electron chi connectivity index (χ4n) is 5.34. The van der Waals surface area contributed by atoms with E-state index in [4.69, 9.17) is 23.4 Å². The molecular weight excluding hydrogens is 562 g/mol. The molecule has 0 bridgehead atoms. The summed E-state index contributed by atoms with van der Waals surface area (Å²) < 4.78 is 30.7. The third-order valence-electron chi connectivity index (χ3n) is 9.56. The zero-order valence-electron chi connectivity index (χ0n) is 28.2. The van der Waals surface area contributed by atoms with Crippen LogP contribution in [0.25, 0.3) is 10.4 Å². The molecule has 2 fully saturated rings. The van der Waals surface area contributed by atoms with Gasteiger partial charge in [-0.05, 0) is 60.3 Å². The van der Waals surface area contributed by atoms with Gasteiger partial charge in [-0.15, -0.1) is 0 Å². The molecule has 4 unspecified atom stereocenters. The van der Waals surface area contributed by atoms with E-state index in [0.717, 1.165) is 6.42 Å². The molecule has 0 aromatic heterocycles. The number of nitrogens with zero attached hydrogens (tertiary/aromatic N) is 3. The highest BCUT2D eigenvalue weighted by Gasteiger charge is 2.50. The van der Waals surface area contributed by atoms with Crippen molar-refractivity contribution < 1.29 is 28.2 Å². The average Bonchev–Trinajstić information content (AvgIpc) is 2.95. The highest BCUT2D eigenvalue weighted by Crippen LogP contribution is 2.43. The van der Waals surface area contributed by atoms with Gasteiger partial charge >= 0.3 is 0 Å². The maximum absolute atomic E-state index is 12.2. The predicted octanol–water partition coefficient (Wildman–Crippen LogP) is 8.41. The SMILES string of the molecule is C=COCc1ccccc1.CCC1O[C@@H](O[Si](C)(C)C(C)(C)C)C(N=[N+]=[N-])[C@@H](C)[C@@H]1O[C@@H]1OC(C(C)=O)[C@@H](C)[C@H](C)C1C. The minimum atomic E-state index is -2.16. The standard InChI is InChI=1S/C24H45N3O5Si.C9H10O/c1-12-18-21(31-22-15(4)13(2)14(3)20(30-22)17(6)28)16(5)19(26-27-25)23(29-18)32-33(10,11)24(7,8)9;1-2-10-8-9-6-4-3-5-7-9/h13-16,18-23H,12H2,1-11H3;2-7H,1,8H2/t13-,14-,15?,16+,18?,19?,20?,21-,22-,23-;/m0./s1. The van der Waals surface area contributed by atoms with E-state index in [-0.39, 0.29) is 46.7 Å². The number of hydrogen-bond acceptors (Lipinski definition) is 7. The second-order valence-corrected chi connectivity index (χ2v) is 18.3. The fourth-order valence-corrected chi connectivity index (χ4v) is 6.47. The monoisotopic (exact) mass is 617 g/mol. The molecule has 0 aliphatic carbocycles. The molecule has 1 aromatic carbocycles. The van der Waals surface area contributed by atoms with Crippen LogP contribution in [0.2, 0.25) is 18.1 Å². The van der Waals surface area contributed by atoms with Gasteiger partial charge in [0.2, 0.25) is 0 Å². The van der Waals surface area contributed by atoms with E-state index < -0.39 is 33.0 Å². The predicted molar refractivity (Wildman–Crippen MR) is 172 cm³/mol. The number of benzene rings is 1. The molecule has 0 radical (unpaired) electrons. The van der Waals surface area contributed by atoms with E-state index in [1.807, 2.05) is 37.3 Å². The molecule has 10 heteroatoms. The van der Waals surface area contributed by atoms with Crippen LogP contribution in [0.5, 0.6) is 0 Å². The van der Waals surface area contributed by atoms with Crippen LogP contribution in [0.3, 0.4) is 0 Å². The van der Waals surface area contributed by atoms with E-state index in [0.29, 0.717) is 6.61 Å². The molecule has 2 saturated heterocycles.